The molecule has 3 aromatic heterocycles. The lowest BCUT2D eigenvalue weighted by Crippen LogP contribution is -2.04. The van der Waals surface area contributed by atoms with Gasteiger partial charge >= 0.3 is 0 Å². The van der Waals surface area contributed by atoms with Crippen molar-refractivity contribution in [1.29, 1.82) is 0 Å². The summed E-state index contributed by atoms with van der Waals surface area (Å²) in [5.41, 5.74) is 4.55. The summed E-state index contributed by atoms with van der Waals surface area (Å²) in [4.78, 5) is 8.01. The Morgan fingerprint density at radius 2 is 2.13 bits per heavy atom. The number of hydrogen-bond acceptors (Lipinski definition) is 2. The Balaban J connectivity index is 1.99. The van der Waals surface area contributed by atoms with E-state index >= 15 is 0 Å². The van der Waals surface area contributed by atoms with Crippen molar-refractivity contribution >= 4 is 11.0 Å². The molecule has 0 fully saturated rings. The zero-order valence-electron chi connectivity index (χ0n) is 14.3. The first-order chi connectivity index (χ1) is 11.2. The molecule has 4 nitrogen and oxygen atoms in total. The van der Waals surface area contributed by atoms with Crippen LogP contribution in [0.25, 0.3) is 22.2 Å². The van der Waals surface area contributed by atoms with Gasteiger partial charge in [-0.1, -0.05) is 26.7 Å². The minimum atomic E-state index is 0.442. The number of fused-ring (bicyclic) bond motifs is 1. The third-order valence-corrected chi connectivity index (χ3v) is 4.44. The predicted molar refractivity (Wildman–Crippen MR) is 95.5 cm³/mol. The highest BCUT2D eigenvalue weighted by Crippen LogP contribution is 2.29. The lowest BCUT2D eigenvalue weighted by atomic mass is 10.0. The molecule has 1 N–H and O–H groups in total. The molecule has 1 atom stereocenters. The van der Waals surface area contributed by atoms with Gasteiger partial charge in [-0.2, -0.15) is 5.10 Å². The Labute approximate surface area is 137 Å². The molecule has 3 rings (SSSR count). The molecule has 0 aliphatic heterocycles. The number of nitrogens with one attached hydrogen (secondary N) is 1. The average molecular weight is 310 g/mol. The SMILES string of the molecule is CCCCc1cc(-c2cnn(C(C)CCC)c2)c2cc[nH]c2n1. The molecule has 0 spiro atoms. The van der Waals surface area contributed by atoms with Crippen molar-refractivity contribution in [2.75, 3.05) is 0 Å². The second kappa shape index (κ2) is 6.99. The maximum absolute atomic E-state index is 4.75. The topological polar surface area (TPSA) is 46.5 Å². The minimum Gasteiger partial charge on any atom is -0.346 e. The lowest BCUT2D eigenvalue weighted by Gasteiger charge is -2.10. The highest BCUT2D eigenvalue weighted by molar-refractivity contribution is 5.92. The summed E-state index contributed by atoms with van der Waals surface area (Å²) in [5, 5.41) is 5.75. The first-order valence-corrected chi connectivity index (χ1v) is 8.74. The van der Waals surface area contributed by atoms with Gasteiger partial charge in [0.1, 0.15) is 5.65 Å². The van der Waals surface area contributed by atoms with Crippen LogP contribution < -0.4 is 0 Å². The largest absolute Gasteiger partial charge is 0.346 e. The highest BCUT2D eigenvalue weighted by Gasteiger charge is 2.12. The number of rotatable bonds is 7. The molecule has 4 heteroatoms. The van der Waals surface area contributed by atoms with Gasteiger partial charge in [0.15, 0.2) is 0 Å². The summed E-state index contributed by atoms with van der Waals surface area (Å²) in [6.07, 6.45) is 11.8. The van der Waals surface area contributed by atoms with E-state index < -0.39 is 0 Å². The molecular formula is C19H26N4. The van der Waals surface area contributed by atoms with Gasteiger partial charge in [0.05, 0.1) is 6.20 Å². The molecular weight excluding hydrogens is 284 g/mol. The zero-order chi connectivity index (χ0) is 16.2. The zero-order valence-corrected chi connectivity index (χ0v) is 14.3. The van der Waals surface area contributed by atoms with Gasteiger partial charge in [-0.25, -0.2) is 4.98 Å². The molecule has 3 heterocycles. The summed E-state index contributed by atoms with van der Waals surface area (Å²) in [7, 11) is 0. The number of aryl methyl sites for hydroxylation is 1. The van der Waals surface area contributed by atoms with Gasteiger partial charge in [0, 0.05) is 35.1 Å². The fourth-order valence-electron chi connectivity index (χ4n) is 3.08. The fraction of sp³-hybridized carbons (Fsp3) is 0.474. The van der Waals surface area contributed by atoms with E-state index in [0.717, 1.165) is 24.2 Å². The van der Waals surface area contributed by atoms with Gasteiger partial charge in [-0.05, 0) is 43.9 Å². The Hall–Kier alpha value is -2.10. The van der Waals surface area contributed by atoms with E-state index in [2.05, 4.69) is 53.9 Å². The van der Waals surface area contributed by atoms with Crippen LogP contribution in [0.1, 0.15) is 58.2 Å². The number of H-pyrrole nitrogens is 1. The van der Waals surface area contributed by atoms with Crippen LogP contribution in [0.15, 0.2) is 30.7 Å². The first kappa shape index (κ1) is 15.8. The van der Waals surface area contributed by atoms with Crippen molar-refractivity contribution in [3.05, 3.63) is 36.4 Å². The maximum Gasteiger partial charge on any atom is 0.138 e. The summed E-state index contributed by atoms with van der Waals surface area (Å²) in [5.74, 6) is 0. The van der Waals surface area contributed by atoms with Crippen LogP contribution in [0, 0.1) is 0 Å². The van der Waals surface area contributed by atoms with Crippen LogP contribution in [0.2, 0.25) is 0 Å². The Morgan fingerprint density at radius 1 is 1.26 bits per heavy atom. The smallest absolute Gasteiger partial charge is 0.138 e. The monoisotopic (exact) mass is 310 g/mol. The number of nitrogens with zero attached hydrogens (tertiary/aromatic N) is 3. The third-order valence-electron chi connectivity index (χ3n) is 4.44. The van der Waals surface area contributed by atoms with E-state index in [9.17, 15) is 0 Å². The molecule has 23 heavy (non-hydrogen) atoms. The lowest BCUT2D eigenvalue weighted by molar-refractivity contribution is 0.455. The number of hydrogen-bond donors (Lipinski definition) is 1. The van der Waals surface area contributed by atoms with Crippen LogP contribution in [0.3, 0.4) is 0 Å². The quantitative estimate of drug-likeness (QED) is 0.657. The molecule has 0 amide bonds. The Morgan fingerprint density at radius 3 is 2.91 bits per heavy atom. The van der Waals surface area contributed by atoms with Gasteiger partial charge in [-0.3, -0.25) is 4.68 Å². The van der Waals surface area contributed by atoms with E-state index in [1.165, 1.54) is 35.8 Å². The summed E-state index contributed by atoms with van der Waals surface area (Å²) >= 11 is 0. The highest BCUT2D eigenvalue weighted by atomic mass is 15.3. The summed E-state index contributed by atoms with van der Waals surface area (Å²) in [6, 6.07) is 4.78. The molecule has 0 saturated carbocycles. The van der Waals surface area contributed by atoms with Crippen molar-refractivity contribution in [1.82, 2.24) is 19.7 Å². The molecule has 0 radical (unpaired) electrons. The Kier molecular flexibility index (Phi) is 4.79. The molecule has 0 bridgehead atoms. The van der Waals surface area contributed by atoms with Crippen LogP contribution in [-0.2, 0) is 6.42 Å². The summed E-state index contributed by atoms with van der Waals surface area (Å²) < 4.78 is 2.09. The van der Waals surface area contributed by atoms with E-state index in [4.69, 9.17) is 4.98 Å². The van der Waals surface area contributed by atoms with Gasteiger partial charge < -0.3 is 4.98 Å². The maximum atomic E-state index is 4.75. The predicted octanol–water partition coefficient (Wildman–Crippen LogP) is 5.13. The number of unbranched alkanes of at least 4 members (excludes halogenated alkanes) is 1. The van der Waals surface area contributed by atoms with E-state index in [-0.39, 0.29) is 0 Å². The van der Waals surface area contributed by atoms with Gasteiger partial charge in [0.2, 0.25) is 0 Å². The van der Waals surface area contributed by atoms with Gasteiger partial charge in [-0.15, -0.1) is 0 Å². The molecule has 0 aromatic carbocycles. The van der Waals surface area contributed by atoms with E-state index in [0.29, 0.717) is 6.04 Å². The minimum absolute atomic E-state index is 0.442. The van der Waals surface area contributed by atoms with Crippen molar-refractivity contribution in [2.24, 2.45) is 0 Å². The molecule has 122 valence electrons. The van der Waals surface area contributed by atoms with Crippen LogP contribution in [-0.4, -0.2) is 19.7 Å². The normalized spacial score (nSPS) is 12.8. The molecule has 0 aliphatic carbocycles. The second-order valence-corrected chi connectivity index (χ2v) is 6.35. The standard InChI is InChI=1S/C19H26N4/c1-4-6-8-16-11-18(17-9-10-20-19(17)22-16)15-12-21-23(13-15)14(3)7-5-2/h9-14H,4-8H2,1-3H3,(H,20,22). The van der Waals surface area contributed by atoms with E-state index in [1.54, 1.807) is 0 Å². The second-order valence-electron chi connectivity index (χ2n) is 6.35. The van der Waals surface area contributed by atoms with Crippen molar-refractivity contribution < 1.29 is 0 Å². The van der Waals surface area contributed by atoms with Crippen LogP contribution >= 0.6 is 0 Å². The molecule has 0 saturated heterocycles. The van der Waals surface area contributed by atoms with Crippen molar-refractivity contribution in [3.8, 4) is 11.1 Å². The first-order valence-electron chi connectivity index (χ1n) is 8.74. The van der Waals surface area contributed by atoms with E-state index in [1.807, 2.05) is 12.4 Å². The Bertz CT molecular complexity index is 769. The number of aromatic nitrogens is 4. The van der Waals surface area contributed by atoms with Gasteiger partial charge in [0.25, 0.3) is 0 Å². The van der Waals surface area contributed by atoms with Crippen molar-refractivity contribution in [2.45, 2.75) is 58.9 Å². The molecule has 3 aromatic rings. The van der Waals surface area contributed by atoms with Crippen LogP contribution in [0.4, 0.5) is 0 Å². The van der Waals surface area contributed by atoms with Crippen LogP contribution in [0.5, 0.6) is 0 Å². The third kappa shape index (κ3) is 3.31. The number of pyridine rings is 1. The summed E-state index contributed by atoms with van der Waals surface area (Å²) in [6.45, 7) is 6.66. The fourth-order valence-corrected chi connectivity index (χ4v) is 3.08. The van der Waals surface area contributed by atoms with Crippen molar-refractivity contribution in [3.63, 3.8) is 0 Å². The average Bonchev–Trinajstić information content (AvgIpc) is 3.21. The molecule has 1 unspecified atom stereocenters. The number of aromatic amines is 1. The molecule has 0 aliphatic rings.